The first kappa shape index (κ1) is 16.0. The van der Waals surface area contributed by atoms with Gasteiger partial charge in [0.25, 0.3) is 0 Å². The van der Waals surface area contributed by atoms with Crippen LogP contribution in [0.25, 0.3) is 11.1 Å². The molecular formula is C15H13BrN2O4S. The molecule has 3 rings (SSSR count). The first-order chi connectivity index (χ1) is 10.8. The Morgan fingerprint density at radius 1 is 1.22 bits per heavy atom. The first-order valence-electron chi connectivity index (χ1n) is 6.76. The Morgan fingerprint density at radius 2 is 2.00 bits per heavy atom. The fraction of sp³-hybridized carbons (Fsp3) is 0.133. The van der Waals surface area contributed by atoms with E-state index in [1.165, 1.54) is 18.2 Å². The van der Waals surface area contributed by atoms with Gasteiger partial charge < -0.3 is 4.42 Å². The van der Waals surface area contributed by atoms with Crippen LogP contribution in [0.15, 0.2) is 61.0 Å². The maximum Gasteiger partial charge on any atom is 0.417 e. The lowest BCUT2D eigenvalue weighted by Crippen LogP contribution is -2.26. The van der Waals surface area contributed by atoms with Gasteiger partial charge in [0.1, 0.15) is 0 Å². The van der Waals surface area contributed by atoms with E-state index in [0.29, 0.717) is 5.52 Å². The van der Waals surface area contributed by atoms with Crippen LogP contribution in [0.3, 0.4) is 0 Å². The van der Waals surface area contributed by atoms with E-state index in [4.69, 9.17) is 4.42 Å². The zero-order valence-electron chi connectivity index (χ0n) is 12.0. The molecule has 8 heteroatoms. The van der Waals surface area contributed by atoms with Crippen LogP contribution in [0.4, 0.5) is 0 Å². The summed E-state index contributed by atoms with van der Waals surface area (Å²) in [6, 6.07) is 11.2. The monoisotopic (exact) mass is 396 g/mol. The Balaban J connectivity index is 1.91. The molecule has 0 radical (unpaired) electrons. The molecule has 0 aliphatic carbocycles. The third kappa shape index (κ3) is 3.39. The van der Waals surface area contributed by atoms with Gasteiger partial charge in [-0.3, -0.25) is 4.98 Å². The maximum atomic E-state index is 12.5. The summed E-state index contributed by atoms with van der Waals surface area (Å²) >= 11 is 3.36. The van der Waals surface area contributed by atoms with Crippen molar-refractivity contribution < 1.29 is 12.8 Å². The van der Waals surface area contributed by atoms with Crippen molar-refractivity contribution in [3.63, 3.8) is 0 Å². The summed E-state index contributed by atoms with van der Waals surface area (Å²) in [4.78, 5) is 13.7. The smallest absolute Gasteiger partial charge is 0.408 e. The van der Waals surface area contributed by atoms with Crippen molar-refractivity contribution in [2.75, 3.05) is 0 Å². The summed E-state index contributed by atoms with van der Waals surface area (Å²) in [5.41, 5.74) is 1.49. The van der Waals surface area contributed by atoms with E-state index < -0.39 is 21.8 Å². The lowest BCUT2D eigenvalue weighted by Gasteiger charge is -2.15. The van der Waals surface area contributed by atoms with Gasteiger partial charge >= 0.3 is 5.76 Å². The molecule has 2 N–H and O–H groups in total. The molecular weight excluding hydrogens is 384 g/mol. The summed E-state index contributed by atoms with van der Waals surface area (Å²) in [6.07, 6.45) is 0. The highest BCUT2D eigenvalue weighted by Gasteiger charge is 2.19. The van der Waals surface area contributed by atoms with Gasteiger partial charge in [0.2, 0.25) is 10.0 Å². The minimum Gasteiger partial charge on any atom is -0.408 e. The number of benzene rings is 2. The van der Waals surface area contributed by atoms with Gasteiger partial charge in [0.05, 0.1) is 10.4 Å². The molecule has 1 aromatic heterocycles. The van der Waals surface area contributed by atoms with Crippen LogP contribution in [0.1, 0.15) is 18.5 Å². The summed E-state index contributed by atoms with van der Waals surface area (Å²) in [5.74, 6) is -0.620. The molecule has 0 saturated heterocycles. The van der Waals surface area contributed by atoms with E-state index in [9.17, 15) is 13.2 Å². The first-order valence-corrected chi connectivity index (χ1v) is 9.03. The predicted octanol–water partition coefficient (Wildman–Crippen LogP) is 2.92. The van der Waals surface area contributed by atoms with Crippen LogP contribution in [-0.2, 0) is 10.0 Å². The summed E-state index contributed by atoms with van der Waals surface area (Å²) in [5, 5.41) is 0. The number of oxazole rings is 1. The summed E-state index contributed by atoms with van der Waals surface area (Å²) in [6.45, 7) is 1.76. The zero-order valence-corrected chi connectivity index (χ0v) is 14.4. The highest BCUT2D eigenvalue weighted by atomic mass is 79.9. The molecule has 0 aliphatic rings. The zero-order chi connectivity index (χ0) is 16.6. The van der Waals surface area contributed by atoms with E-state index in [-0.39, 0.29) is 10.5 Å². The third-order valence-corrected chi connectivity index (χ3v) is 5.42. The molecule has 0 spiro atoms. The molecule has 6 nitrogen and oxygen atoms in total. The molecule has 0 unspecified atom stereocenters. The normalized spacial score (nSPS) is 13.3. The van der Waals surface area contributed by atoms with Crippen LogP contribution in [0.2, 0.25) is 0 Å². The standard InChI is InChI=1S/C15H13BrN2O4S/c1-9(10-3-2-4-11(16)7-10)18-23(20,21)12-5-6-13-14(8-12)22-15(19)17-13/h2-9,18H,1H3,(H,17,19)/t9-/m1/s1. The highest BCUT2D eigenvalue weighted by molar-refractivity contribution is 9.10. The molecule has 120 valence electrons. The van der Waals surface area contributed by atoms with Gasteiger partial charge in [-0.2, -0.15) is 0 Å². The molecule has 0 bridgehead atoms. The number of aromatic nitrogens is 1. The van der Waals surface area contributed by atoms with Gasteiger partial charge in [-0.15, -0.1) is 0 Å². The van der Waals surface area contributed by atoms with Gasteiger partial charge in [0.15, 0.2) is 5.58 Å². The van der Waals surface area contributed by atoms with Crippen molar-refractivity contribution in [1.29, 1.82) is 0 Å². The van der Waals surface area contributed by atoms with E-state index in [1.54, 1.807) is 6.92 Å². The minimum absolute atomic E-state index is 0.0367. The molecule has 0 amide bonds. The Morgan fingerprint density at radius 3 is 2.74 bits per heavy atom. The van der Waals surface area contributed by atoms with Gasteiger partial charge in [-0.25, -0.2) is 17.9 Å². The SMILES string of the molecule is C[C@@H](NS(=O)(=O)c1ccc2[nH]c(=O)oc2c1)c1cccc(Br)c1. The number of aromatic amines is 1. The molecule has 2 aromatic carbocycles. The predicted molar refractivity (Wildman–Crippen MR) is 89.7 cm³/mol. The van der Waals surface area contributed by atoms with Gasteiger partial charge in [0, 0.05) is 16.6 Å². The number of hydrogen-bond donors (Lipinski definition) is 2. The van der Waals surface area contributed by atoms with Gasteiger partial charge in [-0.1, -0.05) is 28.1 Å². The molecule has 0 fully saturated rings. The van der Waals surface area contributed by atoms with Crippen molar-refractivity contribution in [3.05, 3.63) is 63.1 Å². The van der Waals surface area contributed by atoms with E-state index in [0.717, 1.165) is 10.0 Å². The fourth-order valence-corrected chi connectivity index (χ4v) is 3.90. The summed E-state index contributed by atoms with van der Waals surface area (Å²) in [7, 11) is -3.74. The van der Waals surface area contributed by atoms with Crippen LogP contribution in [-0.4, -0.2) is 13.4 Å². The van der Waals surface area contributed by atoms with Crippen LogP contribution in [0, 0.1) is 0 Å². The van der Waals surface area contributed by atoms with Crippen LogP contribution in [0.5, 0.6) is 0 Å². The van der Waals surface area contributed by atoms with Crippen LogP contribution < -0.4 is 10.5 Å². The van der Waals surface area contributed by atoms with Gasteiger partial charge in [-0.05, 0) is 36.8 Å². The summed E-state index contributed by atoms with van der Waals surface area (Å²) < 4.78 is 33.4. The van der Waals surface area contributed by atoms with Crippen molar-refractivity contribution in [3.8, 4) is 0 Å². The number of halogens is 1. The second-order valence-electron chi connectivity index (χ2n) is 5.07. The Hall–Kier alpha value is -1.90. The topological polar surface area (TPSA) is 92.2 Å². The Labute approximate surface area is 140 Å². The number of fused-ring (bicyclic) bond motifs is 1. The average Bonchev–Trinajstić information content (AvgIpc) is 2.85. The van der Waals surface area contributed by atoms with Crippen molar-refractivity contribution in [2.24, 2.45) is 0 Å². The number of rotatable bonds is 4. The number of hydrogen-bond acceptors (Lipinski definition) is 4. The second kappa shape index (κ2) is 5.95. The molecule has 1 atom stereocenters. The number of nitrogens with one attached hydrogen (secondary N) is 2. The number of H-pyrrole nitrogens is 1. The van der Waals surface area contributed by atoms with E-state index >= 15 is 0 Å². The quantitative estimate of drug-likeness (QED) is 0.708. The lowest BCUT2D eigenvalue weighted by molar-refractivity contribution is 0.552. The Bertz CT molecular complexity index is 1020. The van der Waals surface area contributed by atoms with E-state index in [1.807, 2.05) is 24.3 Å². The van der Waals surface area contributed by atoms with E-state index in [2.05, 4.69) is 25.6 Å². The Kier molecular flexibility index (Phi) is 4.13. The third-order valence-electron chi connectivity index (χ3n) is 3.38. The highest BCUT2D eigenvalue weighted by Crippen LogP contribution is 2.22. The maximum absolute atomic E-state index is 12.5. The lowest BCUT2D eigenvalue weighted by atomic mass is 10.1. The molecule has 3 aromatic rings. The minimum atomic E-state index is -3.74. The van der Waals surface area contributed by atoms with Crippen molar-refractivity contribution >= 4 is 37.1 Å². The molecule has 23 heavy (non-hydrogen) atoms. The fourth-order valence-electron chi connectivity index (χ4n) is 2.24. The number of sulfonamides is 1. The molecule has 0 aliphatic heterocycles. The van der Waals surface area contributed by atoms with Crippen LogP contribution >= 0.6 is 15.9 Å². The second-order valence-corrected chi connectivity index (χ2v) is 7.70. The molecule has 1 heterocycles. The van der Waals surface area contributed by atoms with Crippen molar-refractivity contribution in [2.45, 2.75) is 17.9 Å². The largest absolute Gasteiger partial charge is 0.417 e. The molecule has 0 saturated carbocycles. The van der Waals surface area contributed by atoms with Crippen molar-refractivity contribution in [1.82, 2.24) is 9.71 Å². The average molecular weight is 397 g/mol.